The fourth-order valence-corrected chi connectivity index (χ4v) is 2.16. The maximum Gasteiger partial charge on any atom is 0.0341 e. The number of nitrogens with one attached hydrogen (secondary N) is 1. The van der Waals surface area contributed by atoms with Crippen LogP contribution in [0.4, 0.5) is 0 Å². The molecule has 1 rings (SSSR count). The summed E-state index contributed by atoms with van der Waals surface area (Å²) in [6.45, 7) is 7.36. The summed E-state index contributed by atoms with van der Waals surface area (Å²) in [5.41, 5.74) is 2.24. The Morgan fingerprint density at radius 3 is 2.82 bits per heavy atom. The summed E-state index contributed by atoms with van der Waals surface area (Å²) in [6.07, 6.45) is 7.25. The Labute approximate surface area is 110 Å². The Morgan fingerprint density at radius 2 is 2.12 bits per heavy atom. The first kappa shape index (κ1) is 14.2. The molecule has 0 atom stereocenters. The molecule has 0 bridgehead atoms. The number of benzene rings is 1. The van der Waals surface area contributed by atoms with Gasteiger partial charge in [-0.25, -0.2) is 0 Å². The second-order valence-corrected chi connectivity index (χ2v) is 5.08. The van der Waals surface area contributed by atoms with E-state index in [9.17, 15) is 0 Å². The normalized spacial score (nSPS) is 10.2. The topological polar surface area (TPSA) is 12.0 Å². The standard InChI is InChI=1S/C15H23NS/c1-4-5-6-7-11-16-13(2)14-9-8-10-15(12-14)17-3/h8-10,12,16H,2,4-7,11H2,1,3H3. The second kappa shape index (κ2) is 8.24. The van der Waals surface area contributed by atoms with Gasteiger partial charge in [0.25, 0.3) is 0 Å². The van der Waals surface area contributed by atoms with E-state index in [4.69, 9.17) is 0 Å². The molecule has 0 aromatic heterocycles. The fourth-order valence-electron chi connectivity index (χ4n) is 1.70. The molecule has 94 valence electrons. The molecule has 1 aromatic rings. The van der Waals surface area contributed by atoms with Crippen LogP contribution in [0.25, 0.3) is 5.70 Å². The zero-order chi connectivity index (χ0) is 12.5. The molecule has 0 heterocycles. The molecule has 0 amide bonds. The van der Waals surface area contributed by atoms with Crippen LogP contribution < -0.4 is 5.32 Å². The third-order valence-electron chi connectivity index (χ3n) is 2.79. The SMILES string of the molecule is C=C(NCCCCCC)c1cccc(SC)c1. The third kappa shape index (κ3) is 5.31. The second-order valence-electron chi connectivity index (χ2n) is 4.20. The fraction of sp³-hybridized carbons (Fsp3) is 0.467. The summed E-state index contributed by atoms with van der Waals surface area (Å²) in [5, 5.41) is 3.41. The predicted octanol–water partition coefficient (Wildman–Crippen LogP) is 4.55. The highest BCUT2D eigenvalue weighted by molar-refractivity contribution is 7.98. The summed E-state index contributed by atoms with van der Waals surface area (Å²) in [5.74, 6) is 0. The molecule has 1 N–H and O–H groups in total. The maximum absolute atomic E-state index is 4.10. The Kier molecular flexibility index (Phi) is 6.87. The minimum absolute atomic E-state index is 1.03. The van der Waals surface area contributed by atoms with Crippen molar-refractivity contribution in [3.8, 4) is 0 Å². The van der Waals surface area contributed by atoms with Gasteiger partial charge >= 0.3 is 0 Å². The van der Waals surface area contributed by atoms with Crippen molar-refractivity contribution in [1.82, 2.24) is 5.32 Å². The lowest BCUT2D eigenvalue weighted by Crippen LogP contribution is -2.12. The van der Waals surface area contributed by atoms with Gasteiger partial charge in [0.05, 0.1) is 0 Å². The van der Waals surface area contributed by atoms with Crippen molar-refractivity contribution in [1.29, 1.82) is 0 Å². The van der Waals surface area contributed by atoms with E-state index in [1.807, 2.05) is 0 Å². The molecule has 0 unspecified atom stereocenters. The molecule has 0 saturated heterocycles. The van der Waals surface area contributed by atoms with Crippen molar-refractivity contribution in [2.24, 2.45) is 0 Å². The van der Waals surface area contributed by atoms with Crippen LogP contribution in [0.3, 0.4) is 0 Å². The van der Waals surface area contributed by atoms with Gasteiger partial charge in [-0.05, 0) is 30.4 Å². The number of hydrogen-bond acceptors (Lipinski definition) is 2. The Balaban J connectivity index is 2.36. The van der Waals surface area contributed by atoms with Crippen molar-refractivity contribution in [3.05, 3.63) is 36.4 Å². The largest absolute Gasteiger partial charge is 0.385 e. The van der Waals surface area contributed by atoms with Gasteiger partial charge in [-0.3, -0.25) is 0 Å². The van der Waals surface area contributed by atoms with Gasteiger partial charge in [-0.2, -0.15) is 0 Å². The molecule has 2 heteroatoms. The Hall–Kier alpha value is -0.890. The van der Waals surface area contributed by atoms with Crippen LogP contribution in [-0.2, 0) is 0 Å². The van der Waals surface area contributed by atoms with E-state index in [0.29, 0.717) is 0 Å². The smallest absolute Gasteiger partial charge is 0.0341 e. The number of rotatable bonds is 8. The van der Waals surface area contributed by atoms with Crippen LogP contribution >= 0.6 is 11.8 Å². The lowest BCUT2D eigenvalue weighted by molar-refractivity contribution is 0.650. The quantitative estimate of drug-likeness (QED) is 0.536. The van der Waals surface area contributed by atoms with Gasteiger partial charge in [0.1, 0.15) is 0 Å². The van der Waals surface area contributed by atoms with Crippen LogP contribution in [0.2, 0.25) is 0 Å². The van der Waals surface area contributed by atoms with E-state index in [1.165, 1.54) is 36.1 Å². The van der Waals surface area contributed by atoms with Gasteiger partial charge in [-0.1, -0.05) is 44.9 Å². The van der Waals surface area contributed by atoms with Crippen molar-refractivity contribution in [3.63, 3.8) is 0 Å². The van der Waals surface area contributed by atoms with Crippen LogP contribution in [0.15, 0.2) is 35.7 Å². The minimum atomic E-state index is 1.03. The number of thioether (sulfide) groups is 1. The maximum atomic E-state index is 4.10. The molecule has 0 aliphatic rings. The molecule has 17 heavy (non-hydrogen) atoms. The first-order valence-corrected chi connectivity index (χ1v) is 7.57. The van der Waals surface area contributed by atoms with Crippen molar-refractivity contribution >= 4 is 17.5 Å². The van der Waals surface area contributed by atoms with Gasteiger partial charge < -0.3 is 5.32 Å². The van der Waals surface area contributed by atoms with Gasteiger partial charge in [0.15, 0.2) is 0 Å². The molecule has 1 nitrogen and oxygen atoms in total. The Morgan fingerprint density at radius 1 is 1.29 bits per heavy atom. The molecule has 0 radical (unpaired) electrons. The highest BCUT2D eigenvalue weighted by atomic mass is 32.2. The summed E-state index contributed by atoms with van der Waals surface area (Å²) in [7, 11) is 0. The van der Waals surface area contributed by atoms with E-state index >= 15 is 0 Å². The van der Waals surface area contributed by atoms with Gasteiger partial charge in [-0.15, -0.1) is 11.8 Å². The molecular weight excluding hydrogens is 226 g/mol. The lowest BCUT2D eigenvalue weighted by atomic mass is 10.1. The summed E-state index contributed by atoms with van der Waals surface area (Å²) >= 11 is 1.77. The van der Waals surface area contributed by atoms with Crippen molar-refractivity contribution < 1.29 is 0 Å². The zero-order valence-electron chi connectivity index (χ0n) is 11.0. The van der Waals surface area contributed by atoms with E-state index in [-0.39, 0.29) is 0 Å². The molecule has 0 saturated carbocycles. The molecule has 0 spiro atoms. The van der Waals surface area contributed by atoms with Crippen LogP contribution in [0.5, 0.6) is 0 Å². The Bertz CT molecular complexity index is 347. The summed E-state index contributed by atoms with van der Waals surface area (Å²) in [6, 6.07) is 8.51. The number of unbranched alkanes of at least 4 members (excludes halogenated alkanes) is 3. The summed E-state index contributed by atoms with van der Waals surface area (Å²) in [4.78, 5) is 1.29. The van der Waals surface area contributed by atoms with Crippen LogP contribution in [0, 0.1) is 0 Å². The molecule has 0 aliphatic carbocycles. The van der Waals surface area contributed by atoms with E-state index in [1.54, 1.807) is 11.8 Å². The van der Waals surface area contributed by atoms with Crippen molar-refractivity contribution in [2.75, 3.05) is 12.8 Å². The van der Waals surface area contributed by atoms with Gasteiger partial charge in [0.2, 0.25) is 0 Å². The average Bonchev–Trinajstić information content (AvgIpc) is 2.38. The minimum Gasteiger partial charge on any atom is -0.385 e. The summed E-state index contributed by atoms with van der Waals surface area (Å²) < 4.78 is 0. The van der Waals surface area contributed by atoms with Crippen LogP contribution in [0.1, 0.15) is 38.2 Å². The lowest BCUT2D eigenvalue weighted by Gasteiger charge is -2.10. The predicted molar refractivity (Wildman–Crippen MR) is 79.4 cm³/mol. The van der Waals surface area contributed by atoms with E-state index in [0.717, 1.165) is 12.2 Å². The van der Waals surface area contributed by atoms with Gasteiger partial charge in [0, 0.05) is 17.1 Å². The van der Waals surface area contributed by atoms with E-state index in [2.05, 4.69) is 49.3 Å². The molecule has 0 aliphatic heterocycles. The first-order chi connectivity index (χ1) is 8.27. The third-order valence-corrected chi connectivity index (χ3v) is 3.51. The molecular formula is C15H23NS. The van der Waals surface area contributed by atoms with E-state index < -0.39 is 0 Å². The average molecular weight is 249 g/mol. The first-order valence-electron chi connectivity index (χ1n) is 6.35. The highest BCUT2D eigenvalue weighted by Crippen LogP contribution is 2.19. The number of hydrogen-bond donors (Lipinski definition) is 1. The zero-order valence-corrected chi connectivity index (χ0v) is 11.8. The highest BCUT2D eigenvalue weighted by Gasteiger charge is 1.99. The molecule has 1 aromatic carbocycles. The monoisotopic (exact) mass is 249 g/mol. The van der Waals surface area contributed by atoms with Crippen molar-refractivity contribution in [2.45, 2.75) is 37.5 Å². The molecule has 0 fully saturated rings. The van der Waals surface area contributed by atoms with Crippen LogP contribution in [-0.4, -0.2) is 12.8 Å².